The molecule has 1 atom stereocenters. The van der Waals surface area contributed by atoms with Crippen molar-refractivity contribution >= 4 is 44.4 Å². The monoisotopic (exact) mass is 800 g/mol. The predicted molar refractivity (Wildman–Crippen MR) is 215 cm³/mol. The number of hydrogen-bond acceptors (Lipinski definition) is 1. The van der Waals surface area contributed by atoms with Gasteiger partial charge in [-0.25, -0.2) is 0 Å². The van der Waals surface area contributed by atoms with Crippen LogP contribution in [0.1, 0.15) is 28.7 Å². The summed E-state index contributed by atoms with van der Waals surface area (Å²) in [6.45, 7) is 0. The molecule has 2 nitrogen and oxygen atoms in total. The van der Waals surface area contributed by atoms with Crippen molar-refractivity contribution in [3.63, 3.8) is 0 Å². The minimum absolute atomic E-state index is 0. The van der Waals surface area contributed by atoms with E-state index in [1.807, 2.05) is 12.1 Å². The molecule has 11 rings (SSSR count). The van der Waals surface area contributed by atoms with E-state index in [0.717, 1.165) is 22.7 Å². The first-order valence-corrected chi connectivity index (χ1v) is 17.9. The summed E-state index contributed by atoms with van der Waals surface area (Å²) in [5, 5.41) is 2.46. The first-order chi connectivity index (χ1) is 25.8. The number of fused-ring (bicyclic) bond motifs is 12. The van der Waals surface area contributed by atoms with Gasteiger partial charge in [-0.3, -0.25) is 0 Å². The summed E-state index contributed by atoms with van der Waals surface area (Å²) in [5.74, 6) is 6.77. The molecule has 1 radical (unpaired) electrons. The van der Waals surface area contributed by atoms with E-state index in [1.54, 1.807) is 0 Å². The minimum Gasteiger partial charge on any atom is -0.310 e. The Bertz CT molecular complexity index is 2890. The van der Waals surface area contributed by atoms with E-state index < -0.39 is 5.41 Å². The predicted octanol–water partition coefficient (Wildman–Crippen LogP) is 12.1. The van der Waals surface area contributed by atoms with Crippen LogP contribution in [0.3, 0.4) is 0 Å². The van der Waals surface area contributed by atoms with Gasteiger partial charge >= 0.3 is 0 Å². The SMILES string of the molecule is C1#CCC2=C(C=C1)c1cc[c-]cc1C21c2ccccc2-c2ccc(N(c3ccccc3)c3ccc4c(c3)c3ccccc3n4-c3ccccc3)cc21.[Pr]. The Labute approximate surface area is 342 Å². The topological polar surface area (TPSA) is 8.17 Å². The van der Waals surface area contributed by atoms with Gasteiger partial charge in [-0.15, -0.1) is 11.1 Å². The van der Waals surface area contributed by atoms with E-state index in [-0.39, 0.29) is 41.3 Å². The zero-order valence-corrected chi connectivity index (χ0v) is 32.6. The fourth-order valence-corrected chi connectivity index (χ4v) is 9.25. The Balaban J connectivity index is 0.00000349. The van der Waals surface area contributed by atoms with Gasteiger partial charge < -0.3 is 9.47 Å². The van der Waals surface area contributed by atoms with Crippen LogP contribution in [-0.4, -0.2) is 4.57 Å². The largest absolute Gasteiger partial charge is 0.310 e. The molecular formula is C50H31N2Pr-. The van der Waals surface area contributed by atoms with Gasteiger partial charge in [0.15, 0.2) is 0 Å². The van der Waals surface area contributed by atoms with E-state index in [4.69, 9.17) is 0 Å². The standard InChI is InChI=1S/C50H31N2.Pr/c1-4-16-34(17-5-1)51(36-29-31-49-43(32-36)42-23-12-15-27-48(42)52(49)35-18-6-2-7-19-35)37-28-30-41-40-22-11-14-26-46(40)50(47(41)33-37)44-24-9-3-8-20-38(44)39-21-10-13-25-45(39)50;/h1-2,4-8,10-12,14-23,25-33H,24H2;/q-1;. The molecule has 0 saturated heterocycles. The second-order valence-electron chi connectivity index (χ2n) is 13.8. The van der Waals surface area contributed by atoms with Gasteiger partial charge in [0, 0.05) is 86.6 Å². The van der Waals surface area contributed by atoms with Crippen molar-refractivity contribution in [2.24, 2.45) is 0 Å². The normalized spacial score (nSPS) is 16.0. The van der Waals surface area contributed by atoms with Gasteiger partial charge in [-0.2, -0.15) is 24.3 Å². The molecule has 0 bridgehead atoms. The number of rotatable bonds is 4. The molecule has 8 aromatic rings. The van der Waals surface area contributed by atoms with Gasteiger partial charge in [0.05, 0.1) is 11.0 Å². The number of anilines is 3. The average Bonchev–Trinajstić information content (AvgIpc) is 3.70. The molecule has 7 aromatic carbocycles. The molecule has 3 heteroatoms. The molecule has 1 unspecified atom stereocenters. The summed E-state index contributed by atoms with van der Waals surface area (Å²) in [7, 11) is 0. The quantitative estimate of drug-likeness (QED) is 0.127. The van der Waals surface area contributed by atoms with Crippen LogP contribution in [0.5, 0.6) is 0 Å². The summed E-state index contributed by atoms with van der Waals surface area (Å²) < 4.78 is 2.38. The van der Waals surface area contributed by atoms with Crippen molar-refractivity contribution in [1.82, 2.24) is 4.57 Å². The van der Waals surface area contributed by atoms with Gasteiger partial charge in [0.2, 0.25) is 0 Å². The molecule has 0 N–H and O–H groups in total. The van der Waals surface area contributed by atoms with E-state index >= 15 is 0 Å². The van der Waals surface area contributed by atoms with Gasteiger partial charge in [-0.05, 0) is 106 Å². The summed E-state index contributed by atoms with van der Waals surface area (Å²) in [5.41, 5.74) is 16.8. The maximum atomic E-state index is 3.48. The van der Waals surface area contributed by atoms with Crippen LogP contribution in [0, 0.1) is 59.2 Å². The number of aromatic nitrogens is 1. The summed E-state index contributed by atoms with van der Waals surface area (Å²) in [4.78, 5) is 2.42. The molecule has 0 aliphatic heterocycles. The van der Waals surface area contributed by atoms with Crippen LogP contribution >= 0.6 is 0 Å². The smallest absolute Gasteiger partial charge is 0.0542 e. The van der Waals surface area contributed by atoms with E-state index in [2.05, 4.69) is 191 Å². The zero-order valence-electron chi connectivity index (χ0n) is 28.9. The maximum Gasteiger partial charge on any atom is 0.0542 e. The van der Waals surface area contributed by atoms with E-state index in [1.165, 1.54) is 66.3 Å². The zero-order chi connectivity index (χ0) is 34.2. The van der Waals surface area contributed by atoms with Crippen LogP contribution in [0.2, 0.25) is 0 Å². The first-order valence-electron chi connectivity index (χ1n) is 17.9. The number of allylic oxidation sites excluding steroid dienone is 4. The molecule has 53 heavy (non-hydrogen) atoms. The maximum absolute atomic E-state index is 3.48. The molecule has 1 aromatic heterocycles. The molecular weight excluding hydrogens is 769 g/mol. The van der Waals surface area contributed by atoms with Gasteiger partial charge in [0.1, 0.15) is 0 Å². The fraction of sp³-hybridized carbons (Fsp3) is 0.0400. The summed E-state index contributed by atoms with van der Waals surface area (Å²) in [6, 6.07) is 63.1. The number of benzene rings is 7. The van der Waals surface area contributed by atoms with Crippen molar-refractivity contribution in [2.75, 3.05) is 4.90 Å². The Morgan fingerprint density at radius 2 is 1.30 bits per heavy atom. The minimum atomic E-state index is -0.455. The Hall–Kier alpha value is -5.46. The molecule has 0 amide bonds. The third-order valence-electron chi connectivity index (χ3n) is 11.3. The summed E-state index contributed by atoms with van der Waals surface area (Å²) in [6.07, 6.45) is 4.95. The fourth-order valence-electron chi connectivity index (χ4n) is 9.25. The van der Waals surface area contributed by atoms with Crippen molar-refractivity contribution in [1.29, 1.82) is 0 Å². The van der Waals surface area contributed by atoms with Crippen molar-refractivity contribution in [3.8, 4) is 28.7 Å². The summed E-state index contributed by atoms with van der Waals surface area (Å²) >= 11 is 0. The molecule has 1 spiro atoms. The first kappa shape index (κ1) is 32.2. The number of hydrogen-bond donors (Lipinski definition) is 0. The molecule has 3 aliphatic rings. The Morgan fingerprint density at radius 3 is 2.19 bits per heavy atom. The molecule has 0 saturated carbocycles. The van der Waals surface area contributed by atoms with Crippen molar-refractivity contribution in [2.45, 2.75) is 11.8 Å². The van der Waals surface area contributed by atoms with Crippen LogP contribution in [0.25, 0.3) is 44.2 Å². The van der Waals surface area contributed by atoms with Crippen LogP contribution < -0.4 is 4.90 Å². The van der Waals surface area contributed by atoms with Crippen LogP contribution in [-0.2, 0) is 5.41 Å². The van der Waals surface area contributed by atoms with Gasteiger partial charge in [0.25, 0.3) is 0 Å². The van der Waals surface area contributed by atoms with E-state index in [9.17, 15) is 0 Å². The molecule has 0 fully saturated rings. The molecule has 245 valence electrons. The van der Waals surface area contributed by atoms with Crippen LogP contribution in [0.4, 0.5) is 17.1 Å². The van der Waals surface area contributed by atoms with Crippen molar-refractivity contribution < 1.29 is 41.3 Å². The Morgan fingerprint density at radius 1 is 0.585 bits per heavy atom. The third-order valence-corrected chi connectivity index (χ3v) is 11.3. The average molecular weight is 801 g/mol. The molecule has 3 aliphatic carbocycles. The van der Waals surface area contributed by atoms with Gasteiger partial charge in [-0.1, -0.05) is 96.8 Å². The molecule has 1 heterocycles. The van der Waals surface area contributed by atoms with Crippen molar-refractivity contribution in [3.05, 3.63) is 210 Å². The number of nitrogens with zero attached hydrogens (tertiary/aromatic N) is 2. The second kappa shape index (κ2) is 12.6. The van der Waals surface area contributed by atoms with E-state index in [0.29, 0.717) is 6.42 Å². The Kier molecular flexibility index (Phi) is 7.66. The third kappa shape index (κ3) is 4.61. The number of para-hydroxylation sites is 3. The van der Waals surface area contributed by atoms with Crippen LogP contribution in [0.15, 0.2) is 182 Å². The second-order valence-corrected chi connectivity index (χ2v) is 13.8.